The van der Waals surface area contributed by atoms with Crippen molar-refractivity contribution in [3.8, 4) is 0 Å². The molecule has 0 aliphatic rings. The second kappa shape index (κ2) is 8.24. The summed E-state index contributed by atoms with van der Waals surface area (Å²) >= 11 is 0. The molecule has 0 fully saturated rings. The Morgan fingerprint density at radius 2 is 1.15 bits per heavy atom. The molecule has 0 bridgehead atoms. The van der Waals surface area contributed by atoms with E-state index in [0.717, 1.165) is 23.1 Å². The van der Waals surface area contributed by atoms with E-state index in [1.165, 1.54) is 16.3 Å². The summed E-state index contributed by atoms with van der Waals surface area (Å²) in [5.74, 6) is 0. The number of aromatic nitrogens is 2. The molecule has 0 unspecified atom stereocenters. The summed E-state index contributed by atoms with van der Waals surface area (Å²) in [6.45, 7) is 0. The van der Waals surface area contributed by atoms with Gasteiger partial charge in [0.05, 0.1) is 11.0 Å². The minimum atomic E-state index is 0.895. The zero-order valence-corrected chi connectivity index (χ0v) is 15.0. The molecule has 2 heteroatoms. The maximum absolute atomic E-state index is 4.67. The van der Waals surface area contributed by atoms with Gasteiger partial charge in [-0.05, 0) is 29.8 Å². The molecule has 2 aromatic heterocycles. The molecule has 0 saturated heterocycles. The maximum atomic E-state index is 4.67. The molecule has 2 nitrogen and oxygen atoms in total. The van der Waals surface area contributed by atoms with E-state index in [-0.39, 0.29) is 0 Å². The topological polar surface area (TPSA) is 25.8 Å². The van der Waals surface area contributed by atoms with Crippen molar-refractivity contribution in [3.63, 3.8) is 0 Å². The molecule has 0 N–H and O–H groups in total. The fourth-order valence-corrected chi connectivity index (χ4v) is 3.03. The minimum Gasteiger partial charge on any atom is -0.256 e. The van der Waals surface area contributed by atoms with Gasteiger partial charge in [0.15, 0.2) is 0 Å². The molecule has 0 amide bonds. The molecule has 0 saturated carbocycles. The van der Waals surface area contributed by atoms with Crippen LogP contribution < -0.4 is 0 Å². The molecule has 0 aliphatic carbocycles. The zero-order valence-electron chi connectivity index (χ0n) is 15.0. The smallest absolute Gasteiger partial charge is 0.0705 e. The van der Waals surface area contributed by atoms with E-state index in [2.05, 4.69) is 70.6 Å². The molecular formula is C25H20N2. The Balaban J connectivity index is 0.000000153. The van der Waals surface area contributed by atoms with E-state index in [9.17, 15) is 0 Å². The van der Waals surface area contributed by atoms with Crippen LogP contribution in [-0.4, -0.2) is 9.97 Å². The van der Waals surface area contributed by atoms with Gasteiger partial charge in [-0.3, -0.25) is 9.97 Å². The van der Waals surface area contributed by atoms with Gasteiger partial charge in [0.2, 0.25) is 0 Å². The van der Waals surface area contributed by atoms with Gasteiger partial charge < -0.3 is 0 Å². The second-order valence-electron chi connectivity index (χ2n) is 6.35. The first kappa shape index (κ1) is 16.9. The predicted molar refractivity (Wildman–Crippen MR) is 113 cm³/mol. The monoisotopic (exact) mass is 348 g/mol. The lowest BCUT2D eigenvalue weighted by molar-refractivity contribution is 1.10. The molecule has 0 aliphatic heterocycles. The zero-order chi connectivity index (χ0) is 18.3. The fourth-order valence-electron chi connectivity index (χ4n) is 3.03. The molecule has 0 radical (unpaired) electrons. The Morgan fingerprint density at radius 1 is 0.519 bits per heavy atom. The first-order valence-corrected chi connectivity index (χ1v) is 9.07. The van der Waals surface area contributed by atoms with Crippen LogP contribution in [0.25, 0.3) is 21.8 Å². The normalized spacial score (nSPS) is 10.4. The van der Waals surface area contributed by atoms with Crippen molar-refractivity contribution >= 4 is 21.8 Å². The standard InChI is InChI=1S/C16H13N.C9H7N/c1-2-6-13(7-3-1)12-15-11-10-14-8-4-5-9-16(14)17-15;1-2-6-9-8(4-1)5-3-7-10-9/h1-11H,12H2;1-7H. The van der Waals surface area contributed by atoms with Crippen LogP contribution in [0, 0.1) is 0 Å². The van der Waals surface area contributed by atoms with Crippen molar-refractivity contribution in [1.29, 1.82) is 0 Å². The molecule has 5 aromatic rings. The summed E-state index contributed by atoms with van der Waals surface area (Å²) in [4.78, 5) is 8.85. The largest absolute Gasteiger partial charge is 0.256 e. The number of para-hydroxylation sites is 2. The number of rotatable bonds is 2. The van der Waals surface area contributed by atoms with Crippen LogP contribution in [0.1, 0.15) is 11.3 Å². The molecule has 0 atom stereocenters. The first-order valence-electron chi connectivity index (χ1n) is 9.07. The van der Waals surface area contributed by atoms with Gasteiger partial charge >= 0.3 is 0 Å². The fraction of sp³-hybridized carbons (Fsp3) is 0.0400. The van der Waals surface area contributed by atoms with Crippen molar-refractivity contribution in [2.75, 3.05) is 0 Å². The number of fused-ring (bicyclic) bond motifs is 2. The van der Waals surface area contributed by atoms with Crippen LogP contribution in [0.15, 0.2) is 109 Å². The molecule has 2 heterocycles. The lowest BCUT2D eigenvalue weighted by atomic mass is 10.1. The maximum Gasteiger partial charge on any atom is 0.0705 e. The summed E-state index contributed by atoms with van der Waals surface area (Å²) < 4.78 is 0. The van der Waals surface area contributed by atoms with Crippen molar-refractivity contribution in [1.82, 2.24) is 9.97 Å². The Bertz CT molecular complexity index is 1080. The van der Waals surface area contributed by atoms with Crippen molar-refractivity contribution in [2.24, 2.45) is 0 Å². The van der Waals surface area contributed by atoms with E-state index >= 15 is 0 Å². The van der Waals surface area contributed by atoms with Gasteiger partial charge in [0, 0.05) is 29.1 Å². The highest BCUT2D eigenvalue weighted by Crippen LogP contribution is 2.14. The minimum absolute atomic E-state index is 0.895. The van der Waals surface area contributed by atoms with Crippen LogP contribution in [0.5, 0.6) is 0 Å². The lowest BCUT2D eigenvalue weighted by Gasteiger charge is -2.03. The lowest BCUT2D eigenvalue weighted by Crippen LogP contribution is -1.92. The van der Waals surface area contributed by atoms with Gasteiger partial charge in [0.25, 0.3) is 0 Å². The van der Waals surface area contributed by atoms with Gasteiger partial charge in [-0.2, -0.15) is 0 Å². The Kier molecular flexibility index (Phi) is 5.16. The molecular weight excluding hydrogens is 328 g/mol. The summed E-state index contributed by atoms with van der Waals surface area (Å²) in [5.41, 5.74) is 4.55. The number of hydrogen-bond acceptors (Lipinski definition) is 2. The van der Waals surface area contributed by atoms with E-state index in [0.29, 0.717) is 0 Å². The highest BCUT2D eigenvalue weighted by molar-refractivity contribution is 5.78. The van der Waals surface area contributed by atoms with Crippen molar-refractivity contribution in [3.05, 3.63) is 121 Å². The van der Waals surface area contributed by atoms with Gasteiger partial charge in [0.1, 0.15) is 0 Å². The third-order valence-corrected chi connectivity index (χ3v) is 4.40. The van der Waals surface area contributed by atoms with Crippen molar-refractivity contribution in [2.45, 2.75) is 6.42 Å². The Labute approximate surface area is 159 Å². The number of hydrogen-bond donors (Lipinski definition) is 0. The SMILES string of the molecule is c1ccc(Cc2ccc3ccccc3n2)cc1.c1ccc2ncccc2c1. The highest BCUT2D eigenvalue weighted by Gasteiger charge is 1.99. The predicted octanol–water partition coefficient (Wildman–Crippen LogP) is 6.06. The Hall–Kier alpha value is -3.52. The van der Waals surface area contributed by atoms with Crippen molar-refractivity contribution < 1.29 is 0 Å². The number of nitrogens with zero attached hydrogens (tertiary/aromatic N) is 2. The average Bonchev–Trinajstić information content (AvgIpc) is 2.75. The summed E-state index contributed by atoms with van der Waals surface area (Å²) in [6, 6.07) is 35.0. The third kappa shape index (κ3) is 4.36. The van der Waals surface area contributed by atoms with Crippen LogP contribution in [0.3, 0.4) is 0 Å². The van der Waals surface area contributed by atoms with Crippen LogP contribution >= 0.6 is 0 Å². The van der Waals surface area contributed by atoms with Gasteiger partial charge in [-0.15, -0.1) is 0 Å². The number of benzene rings is 3. The van der Waals surface area contributed by atoms with E-state index in [4.69, 9.17) is 0 Å². The molecule has 130 valence electrons. The molecule has 3 aromatic carbocycles. The van der Waals surface area contributed by atoms with Gasteiger partial charge in [-0.25, -0.2) is 0 Å². The molecule has 0 spiro atoms. The number of pyridine rings is 2. The third-order valence-electron chi connectivity index (χ3n) is 4.40. The highest BCUT2D eigenvalue weighted by atomic mass is 14.7. The quantitative estimate of drug-likeness (QED) is 0.387. The second-order valence-corrected chi connectivity index (χ2v) is 6.35. The van der Waals surface area contributed by atoms with E-state index in [1.807, 2.05) is 48.7 Å². The molecule has 27 heavy (non-hydrogen) atoms. The first-order chi connectivity index (χ1) is 13.4. The van der Waals surface area contributed by atoms with Crippen LogP contribution in [0.2, 0.25) is 0 Å². The summed E-state index contributed by atoms with van der Waals surface area (Å²) in [5, 5.41) is 2.40. The van der Waals surface area contributed by atoms with E-state index < -0.39 is 0 Å². The van der Waals surface area contributed by atoms with Crippen LogP contribution in [-0.2, 0) is 6.42 Å². The van der Waals surface area contributed by atoms with E-state index in [1.54, 1.807) is 0 Å². The summed E-state index contributed by atoms with van der Waals surface area (Å²) in [7, 11) is 0. The Morgan fingerprint density at radius 3 is 1.93 bits per heavy atom. The molecule has 5 rings (SSSR count). The van der Waals surface area contributed by atoms with Gasteiger partial charge in [-0.1, -0.05) is 78.9 Å². The average molecular weight is 348 g/mol. The summed E-state index contributed by atoms with van der Waals surface area (Å²) in [6.07, 6.45) is 2.70. The van der Waals surface area contributed by atoms with Crippen LogP contribution in [0.4, 0.5) is 0 Å².